The van der Waals surface area contributed by atoms with Gasteiger partial charge in [-0.1, -0.05) is 30.3 Å². The van der Waals surface area contributed by atoms with Crippen molar-refractivity contribution in [1.82, 2.24) is 4.90 Å². The van der Waals surface area contributed by atoms with E-state index in [1.165, 1.54) is 0 Å². The van der Waals surface area contributed by atoms with Gasteiger partial charge in [0.05, 0.1) is 12.3 Å². The van der Waals surface area contributed by atoms with Crippen molar-refractivity contribution in [1.29, 1.82) is 0 Å². The van der Waals surface area contributed by atoms with E-state index in [1.54, 1.807) is 6.92 Å². The number of nitrogens with zero attached hydrogens (tertiary/aromatic N) is 2. The summed E-state index contributed by atoms with van der Waals surface area (Å²) in [5, 5.41) is 0. The van der Waals surface area contributed by atoms with Crippen LogP contribution in [0.1, 0.15) is 19.4 Å². The number of aliphatic imine (C=N–C) groups is 1. The highest BCUT2D eigenvalue weighted by molar-refractivity contribution is 6.27. The number of hydrogen-bond donors (Lipinski definition) is 0. The zero-order valence-electron chi connectivity index (χ0n) is 11.5. The molecule has 0 unspecified atom stereocenters. The number of esters is 1. The Hall–Kier alpha value is -2.10. The second-order valence-corrected chi connectivity index (χ2v) is 4.39. The highest BCUT2D eigenvalue weighted by atomic mass is 16.5. The first-order chi connectivity index (χ1) is 9.15. The summed E-state index contributed by atoms with van der Waals surface area (Å²) in [4.78, 5) is 18.6. The van der Waals surface area contributed by atoms with Crippen LogP contribution in [0.25, 0.3) is 0 Å². The van der Waals surface area contributed by atoms with E-state index in [2.05, 4.69) is 4.99 Å². The average molecular weight is 258 g/mol. The minimum atomic E-state index is -0.311. The van der Waals surface area contributed by atoms with Crippen LogP contribution in [0.3, 0.4) is 0 Å². The van der Waals surface area contributed by atoms with Crippen molar-refractivity contribution in [2.75, 3.05) is 20.3 Å². The van der Waals surface area contributed by atoms with Gasteiger partial charge < -0.3 is 9.64 Å². The second-order valence-electron chi connectivity index (χ2n) is 4.39. The molecule has 0 atom stereocenters. The van der Waals surface area contributed by atoms with Crippen molar-refractivity contribution in [3.05, 3.63) is 47.2 Å². The van der Waals surface area contributed by atoms with Gasteiger partial charge in [0.2, 0.25) is 0 Å². The standard InChI is InChI=1S/C15H18N2O2/c1-4-19-15(18)13-11(2)17(3)10-16-14(13)12-8-6-5-7-9-12/h5-9H,4,10H2,1-3H3. The number of ether oxygens (including phenoxy) is 1. The van der Waals surface area contributed by atoms with Crippen LogP contribution in [0.4, 0.5) is 0 Å². The molecule has 4 nitrogen and oxygen atoms in total. The second kappa shape index (κ2) is 5.69. The van der Waals surface area contributed by atoms with Crippen LogP contribution in [-0.4, -0.2) is 36.9 Å². The molecule has 0 spiro atoms. The predicted molar refractivity (Wildman–Crippen MR) is 74.9 cm³/mol. The first kappa shape index (κ1) is 13.3. The molecule has 1 aliphatic rings. The zero-order valence-corrected chi connectivity index (χ0v) is 11.5. The lowest BCUT2D eigenvalue weighted by molar-refractivity contribution is -0.138. The van der Waals surface area contributed by atoms with Gasteiger partial charge in [0.25, 0.3) is 0 Å². The van der Waals surface area contributed by atoms with Crippen molar-refractivity contribution in [2.45, 2.75) is 13.8 Å². The third-order valence-corrected chi connectivity index (χ3v) is 3.14. The summed E-state index contributed by atoms with van der Waals surface area (Å²) in [6.45, 7) is 4.64. The van der Waals surface area contributed by atoms with Gasteiger partial charge in [-0.2, -0.15) is 0 Å². The Morgan fingerprint density at radius 3 is 2.68 bits per heavy atom. The van der Waals surface area contributed by atoms with Crippen LogP contribution in [0.15, 0.2) is 46.6 Å². The lowest BCUT2D eigenvalue weighted by Gasteiger charge is -2.26. The molecule has 0 aliphatic carbocycles. The molecule has 0 N–H and O–H groups in total. The molecule has 0 radical (unpaired) electrons. The summed E-state index contributed by atoms with van der Waals surface area (Å²) in [5.74, 6) is -0.311. The molecule has 1 aromatic rings. The lowest BCUT2D eigenvalue weighted by Crippen LogP contribution is -2.30. The predicted octanol–water partition coefficient (Wildman–Crippen LogP) is 2.22. The summed E-state index contributed by atoms with van der Waals surface area (Å²) in [6, 6.07) is 9.73. The first-order valence-electron chi connectivity index (χ1n) is 6.34. The Balaban J connectivity index is 2.45. The molecule has 1 aliphatic heterocycles. The number of benzene rings is 1. The van der Waals surface area contributed by atoms with Gasteiger partial charge in [0, 0.05) is 18.3 Å². The van der Waals surface area contributed by atoms with Crippen LogP contribution in [0, 0.1) is 0 Å². The van der Waals surface area contributed by atoms with Crippen LogP contribution in [0.2, 0.25) is 0 Å². The van der Waals surface area contributed by atoms with E-state index in [1.807, 2.05) is 49.2 Å². The van der Waals surface area contributed by atoms with Crippen molar-refractivity contribution in [3.8, 4) is 0 Å². The first-order valence-corrected chi connectivity index (χ1v) is 6.34. The van der Waals surface area contributed by atoms with Gasteiger partial charge in [-0.3, -0.25) is 4.99 Å². The van der Waals surface area contributed by atoms with Crippen molar-refractivity contribution in [3.63, 3.8) is 0 Å². The van der Waals surface area contributed by atoms with E-state index in [0.29, 0.717) is 18.8 Å². The molecule has 0 fully saturated rings. The highest BCUT2D eigenvalue weighted by Crippen LogP contribution is 2.21. The lowest BCUT2D eigenvalue weighted by atomic mass is 9.99. The molecule has 0 saturated heterocycles. The number of allylic oxidation sites excluding steroid dienone is 1. The van der Waals surface area contributed by atoms with Gasteiger partial charge in [-0.25, -0.2) is 4.79 Å². The Morgan fingerprint density at radius 2 is 2.05 bits per heavy atom. The molecular formula is C15H18N2O2. The minimum Gasteiger partial charge on any atom is -0.462 e. The maximum Gasteiger partial charge on any atom is 0.342 e. The fraction of sp³-hybridized carbons (Fsp3) is 0.333. The Labute approximate surface area is 113 Å². The summed E-state index contributed by atoms with van der Waals surface area (Å²) in [6.07, 6.45) is 0. The molecule has 0 amide bonds. The van der Waals surface area contributed by atoms with Gasteiger partial charge in [-0.05, 0) is 13.8 Å². The topological polar surface area (TPSA) is 41.9 Å². The Kier molecular flexibility index (Phi) is 4.00. The van der Waals surface area contributed by atoms with Gasteiger partial charge in [0.15, 0.2) is 0 Å². The Bertz CT molecular complexity index is 532. The maximum absolute atomic E-state index is 12.2. The molecule has 0 aromatic heterocycles. The summed E-state index contributed by atoms with van der Waals surface area (Å²) < 4.78 is 5.15. The largest absolute Gasteiger partial charge is 0.462 e. The van der Waals surface area contributed by atoms with E-state index >= 15 is 0 Å². The van der Waals surface area contributed by atoms with Crippen molar-refractivity contribution >= 4 is 11.7 Å². The zero-order chi connectivity index (χ0) is 13.8. The highest BCUT2D eigenvalue weighted by Gasteiger charge is 2.26. The minimum absolute atomic E-state index is 0.311. The molecular weight excluding hydrogens is 240 g/mol. The van der Waals surface area contributed by atoms with Crippen LogP contribution < -0.4 is 0 Å². The smallest absolute Gasteiger partial charge is 0.342 e. The van der Waals surface area contributed by atoms with E-state index in [-0.39, 0.29) is 5.97 Å². The normalized spacial score (nSPS) is 15.3. The molecule has 1 aromatic carbocycles. The van der Waals surface area contributed by atoms with E-state index in [0.717, 1.165) is 17.0 Å². The van der Waals surface area contributed by atoms with Gasteiger partial charge in [-0.15, -0.1) is 0 Å². The SMILES string of the molecule is CCOC(=O)C1=C(C)N(C)CN=C1c1ccccc1. The molecule has 100 valence electrons. The molecule has 2 rings (SSSR count). The number of hydrogen-bond acceptors (Lipinski definition) is 4. The number of rotatable bonds is 3. The summed E-state index contributed by atoms with van der Waals surface area (Å²) in [5.41, 5.74) is 3.11. The van der Waals surface area contributed by atoms with Gasteiger partial charge in [0.1, 0.15) is 12.2 Å². The molecule has 0 bridgehead atoms. The third kappa shape index (κ3) is 2.67. The summed E-state index contributed by atoms with van der Waals surface area (Å²) in [7, 11) is 1.92. The third-order valence-electron chi connectivity index (χ3n) is 3.14. The molecule has 19 heavy (non-hydrogen) atoms. The number of carbonyl (C=O) groups is 1. The summed E-state index contributed by atoms with van der Waals surface area (Å²) >= 11 is 0. The maximum atomic E-state index is 12.2. The van der Waals surface area contributed by atoms with Crippen LogP contribution in [-0.2, 0) is 9.53 Å². The van der Waals surface area contributed by atoms with Crippen molar-refractivity contribution < 1.29 is 9.53 Å². The van der Waals surface area contributed by atoms with E-state index in [9.17, 15) is 4.79 Å². The fourth-order valence-corrected chi connectivity index (χ4v) is 2.00. The van der Waals surface area contributed by atoms with E-state index < -0.39 is 0 Å². The number of carbonyl (C=O) groups excluding carboxylic acids is 1. The average Bonchev–Trinajstić information content (AvgIpc) is 2.42. The fourth-order valence-electron chi connectivity index (χ4n) is 2.00. The van der Waals surface area contributed by atoms with Crippen LogP contribution >= 0.6 is 0 Å². The molecule has 1 heterocycles. The molecule has 0 saturated carbocycles. The van der Waals surface area contributed by atoms with E-state index in [4.69, 9.17) is 4.74 Å². The molecule has 4 heteroatoms. The monoisotopic (exact) mass is 258 g/mol. The van der Waals surface area contributed by atoms with Crippen molar-refractivity contribution in [2.24, 2.45) is 4.99 Å². The van der Waals surface area contributed by atoms with Gasteiger partial charge >= 0.3 is 5.97 Å². The Morgan fingerprint density at radius 1 is 1.37 bits per heavy atom. The van der Waals surface area contributed by atoms with Crippen LogP contribution in [0.5, 0.6) is 0 Å². The quantitative estimate of drug-likeness (QED) is 0.781.